The molecule has 0 bridgehead atoms. The highest BCUT2D eigenvalue weighted by molar-refractivity contribution is 7.91. The minimum atomic E-state index is -3.33. The molecule has 0 amide bonds. The van der Waals surface area contributed by atoms with Crippen LogP contribution in [0.15, 0.2) is 40.2 Å². The van der Waals surface area contributed by atoms with Gasteiger partial charge < -0.3 is 10.6 Å². The maximum Gasteiger partial charge on any atom is 0.191 e. The maximum atomic E-state index is 12.4. The fourth-order valence-corrected chi connectivity index (χ4v) is 4.20. The summed E-state index contributed by atoms with van der Waals surface area (Å²) in [7, 11) is -3.33. The Morgan fingerprint density at radius 2 is 1.86 bits per heavy atom. The molecule has 1 aliphatic rings. The van der Waals surface area contributed by atoms with Gasteiger partial charge in [0.2, 0.25) is 0 Å². The number of guanidine groups is 1. The number of aliphatic imine (C=N–C) groups is 1. The minimum Gasteiger partial charge on any atom is -0.370 e. The van der Waals surface area contributed by atoms with E-state index in [9.17, 15) is 8.42 Å². The molecule has 1 fully saturated rings. The van der Waals surface area contributed by atoms with E-state index in [0.29, 0.717) is 17.3 Å². The minimum absolute atomic E-state index is 0.00204. The van der Waals surface area contributed by atoms with E-state index in [1.54, 1.807) is 24.3 Å². The average molecular weight is 323 g/mol. The predicted molar refractivity (Wildman–Crippen MR) is 89.6 cm³/mol. The number of nitrogens with zero attached hydrogens (tertiary/aromatic N) is 2. The number of likely N-dealkylation sites (tertiary alicyclic amines) is 1. The van der Waals surface area contributed by atoms with Gasteiger partial charge in [0.05, 0.1) is 16.7 Å². The predicted octanol–water partition coefficient (Wildman–Crippen LogP) is 2.04. The van der Waals surface area contributed by atoms with Gasteiger partial charge in [-0.25, -0.2) is 13.4 Å². The highest BCUT2D eigenvalue weighted by Gasteiger charge is 2.21. The van der Waals surface area contributed by atoms with Crippen LogP contribution in [0.5, 0.6) is 0 Å². The lowest BCUT2D eigenvalue weighted by Gasteiger charge is -2.28. The van der Waals surface area contributed by atoms with Crippen LogP contribution in [0.3, 0.4) is 0 Å². The van der Waals surface area contributed by atoms with Crippen LogP contribution in [0.25, 0.3) is 0 Å². The van der Waals surface area contributed by atoms with Gasteiger partial charge in [-0.1, -0.05) is 25.1 Å². The molecule has 0 radical (unpaired) electrons. The third-order valence-electron chi connectivity index (χ3n) is 3.98. The van der Waals surface area contributed by atoms with E-state index >= 15 is 0 Å². The molecule has 1 saturated heterocycles. The number of nitrogens with two attached hydrogens (primary N) is 1. The van der Waals surface area contributed by atoms with E-state index in [1.165, 1.54) is 6.42 Å². The number of benzene rings is 1. The van der Waals surface area contributed by atoms with Gasteiger partial charge in [0.25, 0.3) is 0 Å². The van der Waals surface area contributed by atoms with Gasteiger partial charge in [0.1, 0.15) is 0 Å². The number of hydrogen-bond donors (Lipinski definition) is 1. The van der Waals surface area contributed by atoms with Gasteiger partial charge in [0, 0.05) is 13.1 Å². The molecular formula is C16H25N3O2S. The van der Waals surface area contributed by atoms with Crippen molar-refractivity contribution in [2.45, 2.75) is 43.5 Å². The lowest BCUT2D eigenvalue weighted by molar-refractivity contribution is 0.337. The molecule has 2 rings (SSSR count). The van der Waals surface area contributed by atoms with Gasteiger partial charge in [-0.15, -0.1) is 0 Å². The van der Waals surface area contributed by atoms with Crippen LogP contribution >= 0.6 is 0 Å². The zero-order chi connectivity index (χ0) is 16.0. The lowest BCUT2D eigenvalue weighted by Crippen LogP contribution is -2.42. The molecule has 0 aliphatic carbocycles. The largest absolute Gasteiger partial charge is 0.370 e. The monoisotopic (exact) mass is 323 g/mol. The zero-order valence-corrected chi connectivity index (χ0v) is 13.9. The maximum absolute atomic E-state index is 12.4. The molecule has 1 aromatic rings. The average Bonchev–Trinajstić information content (AvgIpc) is 2.55. The van der Waals surface area contributed by atoms with Crippen molar-refractivity contribution in [2.75, 3.05) is 18.8 Å². The van der Waals surface area contributed by atoms with Crippen molar-refractivity contribution < 1.29 is 8.42 Å². The molecule has 1 atom stereocenters. The molecule has 1 heterocycles. The first kappa shape index (κ1) is 16.8. The van der Waals surface area contributed by atoms with Crippen molar-refractivity contribution in [3.05, 3.63) is 30.3 Å². The fourth-order valence-electron chi connectivity index (χ4n) is 2.62. The van der Waals surface area contributed by atoms with Gasteiger partial charge in [-0.2, -0.15) is 0 Å². The van der Waals surface area contributed by atoms with Crippen molar-refractivity contribution in [3.8, 4) is 0 Å². The topological polar surface area (TPSA) is 75.8 Å². The molecule has 5 nitrogen and oxygen atoms in total. The summed E-state index contributed by atoms with van der Waals surface area (Å²) in [5.41, 5.74) is 6.06. The first-order valence-electron chi connectivity index (χ1n) is 7.89. The SMILES string of the molecule is CCC(CS(=O)(=O)c1ccccc1)N=C(N)N1CCCCC1. The van der Waals surface area contributed by atoms with Crippen LogP contribution in [0, 0.1) is 0 Å². The third kappa shape index (κ3) is 4.47. The Kier molecular flexibility index (Phi) is 5.83. The molecule has 6 heteroatoms. The normalized spacial score (nSPS) is 18.2. The highest BCUT2D eigenvalue weighted by atomic mass is 32.2. The van der Waals surface area contributed by atoms with Crippen LogP contribution in [0.1, 0.15) is 32.6 Å². The van der Waals surface area contributed by atoms with Crippen LogP contribution in [0.4, 0.5) is 0 Å². The molecule has 2 N–H and O–H groups in total. The zero-order valence-electron chi connectivity index (χ0n) is 13.1. The summed E-state index contributed by atoms with van der Waals surface area (Å²) >= 11 is 0. The van der Waals surface area contributed by atoms with E-state index in [0.717, 1.165) is 25.9 Å². The summed E-state index contributed by atoms with van der Waals surface area (Å²) < 4.78 is 24.9. The molecule has 1 aliphatic heterocycles. The quantitative estimate of drug-likeness (QED) is 0.664. The van der Waals surface area contributed by atoms with E-state index in [4.69, 9.17) is 5.73 Å². The first-order valence-corrected chi connectivity index (χ1v) is 9.54. The number of hydrogen-bond acceptors (Lipinski definition) is 3. The summed E-state index contributed by atoms with van der Waals surface area (Å²) in [6, 6.07) is 8.23. The Morgan fingerprint density at radius 1 is 1.23 bits per heavy atom. The second-order valence-corrected chi connectivity index (χ2v) is 7.73. The van der Waals surface area contributed by atoms with Gasteiger partial charge in [0.15, 0.2) is 15.8 Å². The highest BCUT2D eigenvalue weighted by Crippen LogP contribution is 2.15. The van der Waals surface area contributed by atoms with Gasteiger partial charge in [-0.05, 0) is 37.8 Å². The smallest absolute Gasteiger partial charge is 0.191 e. The van der Waals surface area contributed by atoms with Crippen LogP contribution in [0.2, 0.25) is 0 Å². The summed E-state index contributed by atoms with van der Waals surface area (Å²) in [5.74, 6) is 0.483. The lowest BCUT2D eigenvalue weighted by atomic mass is 10.1. The fraction of sp³-hybridized carbons (Fsp3) is 0.562. The van der Waals surface area contributed by atoms with Gasteiger partial charge >= 0.3 is 0 Å². The van der Waals surface area contributed by atoms with E-state index in [-0.39, 0.29) is 11.8 Å². The Balaban J connectivity index is 2.08. The number of rotatable bonds is 5. The van der Waals surface area contributed by atoms with Gasteiger partial charge in [-0.3, -0.25) is 0 Å². The summed E-state index contributed by atoms with van der Waals surface area (Å²) in [5, 5.41) is 0. The van der Waals surface area contributed by atoms with Crippen LogP contribution in [-0.2, 0) is 9.84 Å². The first-order chi connectivity index (χ1) is 10.5. The molecule has 1 aromatic carbocycles. The Hall–Kier alpha value is -1.56. The molecule has 0 aromatic heterocycles. The summed E-state index contributed by atoms with van der Waals surface area (Å²) in [6.07, 6.45) is 4.12. The standard InChI is InChI=1S/C16H25N3O2S/c1-2-14(18-16(17)19-11-7-4-8-12-19)13-22(20,21)15-9-5-3-6-10-15/h3,5-6,9-10,14H,2,4,7-8,11-13H2,1H3,(H2,17,18). The molecular weight excluding hydrogens is 298 g/mol. The molecule has 122 valence electrons. The molecule has 1 unspecified atom stereocenters. The molecule has 0 saturated carbocycles. The molecule has 0 spiro atoms. The second-order valence-electron chi connectivity index (χ2n) is 5.69. The van der Waals surface area contributed by atoms with Crippen molar-refractivity contribution in [2.24, 2.45) is 10.7 Å². The van der Waals surface area contributed by atoms with Crippen molar-refractivity contribution in [1.29, 1.82) is 0 Å². The van der Waals surface area contributed by atoms with Crippen molar-refractivity contribution >= 4 is 15.8 Å². The Labute approximate surface area is 133 Å². The van der Waals surface area contributed by atoms with E-state index in [2.05, 4.69) is 9.89 Å². The Bertz CT molecular complexity index is 593. The van der Waals surface area contributed by atoms with E-state index in [1.807, 2.05) is 13.0 Å². The van der Waals surface area contributed by atoms with Crippen LogP contribution in [-0.4, -0.2) is 44.2 Å². The number of sulfone groups is 1. The van der Waals surface area contributed by atoms with Crippen molar-refractivity contribution in [1.82, 2.24) is 4.90 Å². The molecule has 22 heavy (non-hydrogen) atoms. The van der Waals surface area contributed by atoms with Crippen molar-refractivity contribution in [3.63, 3.8) is 0 Å². The number of piperidine rings is 1. The summed E-state index contributed by atoms with van der Waals surface area (Å²) in [6.45, 7) is 3.77. The third-order valence-corrected chi connectivity index (χ3v) is 5.79. The van der Waals surface area contributed by atoms with E-state index < -0.39 is 9.84 Å². The van der Waals surface area contributed by atoms with Crippen LogP contribution < -0.4 is 5.73 Å². The summed E-state index contributed by atoms with van der Waals surface area (Å²) in [4.78, 5) is 6.87. The Morgan fingerprint density at radius 3 is 2.45 bits per heavy atom. The second kappa shape index (κ2) is 7.63.